The lowest BCUT2D eigenvalue weighted by molar-refractivity contribution is -0.136. The summed E-state index contributed by atoms with van der Waals surface area (Å²) in [5.74, 6) is 0.726. The molecule has 1 aromatic heterocycles. The number of rotatable bonds is 4. The van der Waals surface area contributed by atoms with Gasteiger partial charge in [-0.3, -0.25) is 0 Å². The highest BCUT2D eigenvalue weighted by Crippen LogP contribution is 2.37. The Bertz CT molecular complexity index is 620. The summed E-state index contributed by atoms with van der Waals surface area (Å²) in [4.78, 5) is 4.06. The van der Waals surface area contributed by atoms with Crippen LogP contribution in [0.5, 0.6) is 0 Å². The fraction of sp³-hybridized carbons (Fsp3) is 0.357. The summed E-state index contributed by atoms with van der Waals surface area (Å²) in [6.45, 7) is 4.71. The van der Waals surface area contributed by atoms with Crippen molar-refractivity contribution in [3.8, 4) is 0 Å². The van der Waals surface area contributed by atoms with E-state index >= 15 is 0 Å². The molecule has 0 aliphatic rings. The van der Waals surface area contributed by atoms with Crippen LogP contribution in [-0.2, 0) is 12.7 Å². The molecule has 0 fully saturated rings. The molecule has 0 aliphatic carbocycles. The molecule has 2 rings (SSSR count). The summed E-state index contributed by atoms with van der Waals surface area (Å²) in [6.07, 6.45) is -1.21. The maximum Gasteiger partial charge on any atom is 0.418 e. The average Bonchev–Trinajstić information content (AvgIpc) is 2.77. The lowest BCUT2D eigenvalue weighted by Crippen LogP contribution is -2.12. The number of anilines is 2. The highest BCUT2D eigenvalue weighted by molar-refractivity contribution is 6.30. The lowest BCUT2D eigenvalue weighted by atomic mass is 10.1. The van der Waals surface area contributed by atoms with E-state index in [2.05, 4.69) is 10.3 Å². The standard InChI is InChI=1S/C14H15ClF3N3/c1-9(2)8-21-6-5-19-13(21)20-12-4-3-10(15)7-11(12)14(16,17)18/h3-7,9H,8H2,1-2H3,(H,19,20). The molecular formula is C14H15ClF3N3. The minimum atomic E-state index is -4.48. The van der Waals surface area contributed by atoms with Crippen molar-refractivity contribution in [2.24, 2.45) is 5.92 Å². The molecule has 114 valence electrons. The van der Waals surface area contributed by atoms with Gasteiger partial charge in [0.15, 0.2) is 0 Å². The van der Waals surface area contributed by atoms with Gasteiger partial charge in [0.2, 0.25) is 5.95 Å². The summed E-state index contributed by atoms with van der Waals surface area (Å²) in [6, 6.07) is 3.62. The van der Waals surface area contributed by atoms with Gasteiger partial charge in [-0.15, -0.1) is 0 Å². The Morgan fingerprint density at radius 2 is 2.05 bits per heavy atom. The quantitative estimate of drug-likeness (QED) is 0.864. The monoisotopic (exact) mass is 317 g/mol. The first-order chi connectivity index (χ1) is 9.77. The summed E-state index contributed by atoms with van der Waals surface area (Å²) in [5, 5.41) is 2.77. The van der Waals surface area contributed by atoms with Crippen LogP contribution in [0.25, 0.3) is 0 Å². The third-order valence-corrected chi connectivity index (χ3v) is 3.05. The molecule has 1 heterocycles. The van der Waals surface area contributed by atoms with Gasteiger partial charge in [-0.2, -0.15) is 13.2 Å². The number of hydrogen-bond acceptors (Lipinski definition) is 2. The van der Waals surface area contributed by atoms with Crippen molar-refractivity contribution >= 4 is 23.2 Å². The van der Waals surface area contributed by atoms with Crippen LogP contribution in [0.1, 0.15) is 19.4 Å². The number of nitrogens with zero attached hydrogens (tertiary/aromatic N) is 2. The smallest absolute Gasteiger partial charge is 0.325 e. The van der Waals surface area contributed by atoms with Crippen molar-refractivity contribution in [1.29, 1.82) is 0 Å². The molecule has 0 spiro atoms. The van der Waals surface area contributed by atoms with Crippen molar-refractivity contribution in [2.75, 3.05) is 5.32 Å². The number of hydrogen-bond donors (Lipinski definition) is 1. The highest BCUT2D eigenvalue weighted by Gasteiger charge is 2.34. The first-order valence-corrected chi connectivity index (χ1v) is 6.80. The van der Waals surface area contributed by atoms with E-state index in [1.165, 1.54) is 12.1 Å². The molecule has 1 aromatic carbocycles. The van der Waals surface area contributed by atoms with E-state index in [0.29, 0.717) is 18.4 Å². The van der Waals surface area contributed by atoms with Crippen molar-refractivity contribution in [3.63, 3.8) is 0 Å². The zero-order valence-electron chi connectivity index (χ0n) is 11.6. The molecule has 0 amide bonds. The van der Waals surface area contributed by atoms with Gasteiger partial charge in [0.05, 0.1) is 11.3 Å². The molecule has 0 bridgehead atoms. The van der Waals surface area contributed by atoms with E-state index in [1.54, 1.807) is 17.0 Å². The third kappa shape index (κ3) is 3.91. The van der Waals surface area contributed by atoms with E-state index in [0.717, 1.165) is 6.07 Å². The number of nitrogens with one attached hydrogen (secondary N) is 1. The Hall–Kier alpha value is -1.69. The fourth-order valence-corrected chi connectivity index (χ4v) is 2.13. The number of benzene rings is 1. The molecule has 1 N–H and O–H groups in total. The van der Waals surface area contributed by atoms with Crippen molar-refractivity contribution < 1.29 is 13.2 Å². The van der Waals surface area contributed by atoms with Crippen LogP contribution in [0.4, 0.5) is 24.8 Å². The number of aromatic nitrogens is 2. The molecule has 0 radical (unpaired) electrons. The van der Waals surface area contributed by atoms with Crippen molar-refractivity contribution in [2.45, 2.75) is 26.6 Å². The maximum atomic E-state index is 13.0. The van der Waals surface area contributed by atoms with E-state index < -0.39 is 11.7 Å². The SMILES string of the molecule is CC(C)Cn1ccnc1Nc1ccc(Cl)cc1C(F)(F)F. The summed E-state index contributed by atoms with van der Waals surface area (Å²) in [7, 11) is 0. The van der Waals surface area contributed by atoms with Gasteiger partial charge in [0.1, 0.15) is 0 Å². The summed E-state index contributed by atoms with van der Waals surface area (Å²) >= 11 is 5.66. The van der Waals surface area contributed by atoms with E-state index in [-0.39, 0.29) is 10.7 Å². The first kappa shape index (κ1) is 15.7. The Morgan fingerprint density at radius 3 is 2.67 bits per heavy atom. The van der Waals surface area contributed by atoms with Crippen LogP contribution in [0, 0.1) is 5.92 Å². The second-order valence-corrected chi connectivity index (χ2v) is 5.55. The summed E-state index contributed by atoms with van der Waals surface area (Å²) < 4.78 is 40.9. The van der Waals surface area contributed by atoms with Gasteiger partial charge in [-0.1, -0.05) is 25.4 Å². The summed E-state index contributed by atoms with van der Waals surface area (Å²) in [5.41, 5.74) is -0.878. The Balaban J connectivity index is 2.34. The second kappa shape index (κ2) is 5.97. The zero-order chi connectivity index (χ0) is 15.6. The molecule has 0 atom stereocenters. The van der Waals surface area contributed by atoms with Gasteiger partial charge >= 0.3 is 6.18 Å². The van der Waals surface area contributed by atoms with Gasteiger partial charge in [-0.25, -0.2) is 4.98 Å². The van der Waals surface area contributed by atoms with Crippen LogP contribution in [-0.4, -0.2) is 9.55 Å². The van der Waals surface area contributed by atoms with Gasteiger partial charge in [-0.05, 0) is 24.1 Å². The van der Waals surface area contributed by atoms with E-state index in [4.69, 9.17) is 11.6 Å². The van der Waals surface area contributed by atoms with E-state index in [9.17, 15) is 13.2 Å². The number of imidazole rings is 1. The molecule has 0 saturated carbocycles. The van der Waals surface area contributed by atoms with E-state index in [1.807, 2.05) is 13.8 Å². The van der Waals surface area contributed by atoms with Crippen LogP contribution in [0.3, 0.4) is 0 Å². The number of alkyl halides is 3. The molecule has 0 aliphatic heterocycles. The largest absolute Gasteiger partial charge is 0.418 e. The third-order valence-electron chi connectivity index (χ3n) is 2.81. The maximum absolute atomic E-state index is 13.0. The van der Waals surface area contributed by atoms with Crippen LogP contribution in [0.2, 0.25) is 5.02 Å². The van der Waals surface area contributed by atoms with Gasteiger partial charge in [0.25, 0.3) is 0 Å². The second-order valence-electron chi connectivity index (χ2n) is 5.11. The molecule has 21 heavy (non-hydrogen) atoms. The highest BCUT2D eigenvalue weighted by atomic mass is 35.5. The lowest BCUT2D eigenvalue weighted by Gasteiger charge is -2.16. The predicted octanol–water partition coefficient (Wildman–Crippen LogP) is 4.95. The molecule has 0 unspecified atom stereocenters. The minimum absolute atomic E-state index is 0.0402. The minimum Gasteiger partial charge on any atom is -0.325 e. The van der Waals surface area contributed by atoms with Crippen molar-refractivity contribution in [3.05, 3.63) is 41.2 Å². The predicted molar refractivity (Wildman–Crippen MR) is 76.8 cm³/mol. The van der Waals surface area contributed by atoms with Crippen molar-refractivity contribution in [1.82, 2.24) is 9.55 Å². The normalized spacial score (nSPS) is 12.0. The van der Waals surface area contributed by atoms with Crippen LogP contribution >= 0.6 is 11.6 Å². The fourth-order valence-electron chi connectivity index (χ4n) is 1.95. The topological polar surface area (TPSA) is 29.9 Å². The molecule has 7 heteroatoms. The Kier molecular flexibility index (Phi) is 4.46. The van der Waals surface area contributed by atoms with Gasteiger partial charge in [0, 0.05) is 24.0 Å². The van der Waals surface area contributed by atoms with Gasteiger partial charge < -0.3 is 9.88 Å². The Morgan fingerprint density at radius 1 is 1.33 bits per heavy atom. The van der Waals surface area contributed by atoms with Crippen LogP contribution < -0.4 is 5.32 Å². The first-order valence-electron chi connectivity index (χ1n) is 6.42. The zero-order valence-corrected chi connectivity index (χ0v) is 12.3. The number of halogens is 4. The molecular weight excluding hydrogens is 303 g/mol. The molecule has 2 aromatic rings. The van der Waals surface area contributed by atoms with Crippen LogP contribution in [0.15, 0.2) is 30.6 Å². The molecule has 3 nitrogen and oxygen atoms in total. The Labute approximate surface area is 125 Å². The average molecular weight is 318 g/mol. The molecule has 0 saturated heterocycles.